The predicted molar refractivity (Wildman–Crippen MR) is 53.5 cm³/mol. The summed E-state index contributed by atoms with van der Waals surface area (Å²) in [5.41, 5.74) is -2.08. The van der Waals surface area contributed by atoms with Crippen LogP contribution in [0.2, 0.25) is 19.6 Å². The van der Waals surface area contributed by atoms with Gasteiger partial charge in [-0.1, -0.05) is 0 Å². The third-order valence-corrected chi connectivity index (χ3v) is 11.8. The summed E-state index contributed by atoms with van der Waals surface area (Å²) in [6, 6.07) is 0. The number of nitrogens with zero attached hydrogens (tertiary/aromatic N) is 2. The molecule has 0 aliphatic carbocycles. The Morgan fingerprint density at radius 1 is 1.08 bits per heavy atom. The molecule has 0 atom stereocenters. The number of hydrogen-bond donors (Lipinski definition) is 0. The van der Waals surface area contributed by atoms with Crippen molar-refractivity contribution < 1.29 is 16.5 Å². The minimum atomic E-state index is -2.98. The molecule has 0 rings (SSSR count). The molecule has 0 aliphatic rings. The molecule has 0 radical (unpaired) electrons. The average Bonchev–Trinajstić information content (AvgIpc) is 1.81. The molecule has 0 unspecified atom stereocenters. The Balaban J connectivity index is 4.37. The van der Waals surface area contributed by atoms with Gasteiger partial charge in [0.1, 0.15) is 0 Å². The van der Waals surface area contributed by atoms with E-state index >= 15 is 0 Å². The second-order valence-corrected chi connectivity index (χ2v) is 20.8. The maximum atomic E-state index is 9.98. The van der Waals surface area contributed by atoms with Gasteiger partial charge in [-0.15, -0.1) is 0 Å². The summed E-state index contributed by atoms with van der Waals surface area (Å²) in [6.07, 6.45) is 0. The van der Waals surface area contributed by atoms with Crippen LogP contribution in [0.15, 0.2) is 0 Å². The molecular formula is C3H9IN2O6Si. The van der Waals surface area contributed by atoms with Crippen molar-refractivity contribution in [3.63, 3.8) is 0 Å². The SMILES string of the molecule is C[Si](C)(C)I(O[N+](=O)[O-])O[N+](=O)[O-]. The Bertz CT molecular complexity index is 200. The summed E-state index contributed by atoms with van der Waals surface area (Å²) in [6.45, 7) is 5.18. The number of hydrogen-bond acceptors (Lipinski definition) is 6. The van der Waals surface area contributed by atoms with Gasteiger partial charge in [-0.2, -0.15) is 0 Å². The quantitative estimate of drug-likeness (QED) is 0.250. The van der Waals surface area contributed by atoms with Crippen molar-refractivity contribution in [1.29, 1.82) is 0 Å². The summed E-state index contributed by atoms with van der Waals surface area (Å²) in [4.78, 5) is 20.0. The zero-order valence-electron chi connectivity index (χ0n) is 7.22. The van der Waals surface area contributed by atoms with Crippen LogP contribution in [0.1, 0.15) is 0 Å². The normalized spacial score (nSPS) is 11.8. The first-order chi connectivity index (χ1) is 5.73. The van der Waals surface area contributed by atoms with E-state index in [2.05, 4.69) is 6.33 Å². The molecule has 8 nitrogen and oxygen atoms in total. The summed E-state index contributed by atoms with van der Waals surface area (Å²) >= 11 is -2.98. The fourth-order valence-electron chi connectivity index (χ4n) is 0.322. The van der Waals surface area contributed by atoms with Crippen molar-refractivity contribution in [3.8, 4) is 0 Å². The Morgan fingerprint density at radius 3 is 1.54 bits per heavy atom. The molecule has 0 amide bonds. The van der Waals surface area contributed by atoms with Gasteiger partial charge >= 0.3 is 81.8 Å². The summed E-state index contributed by atoms with van der Waals surface area (Å²) in [5, 5.41) is 17.9. The molecule has 0 aromatic carbocycles. The molecule has 13 heavy (non-hydrogen) atoms. The molecular weight excluding hydrogens is 315 g/mol. The molecule has 0 aromatic heterocycles. The Kier molecular flexibility index (Phi) is 4.32. The fraction of sp³-hybridized carbons (Fsp3) is 1.00. The monoisotopic (exact) mass is 324 g/mol. The van der Waals surface area contributed by atoms with E-state index in [0.717, 1.165) is 0 Å². The van der Waals surface area contributed by atoms with E-state index in [1.54, 1.807) is 19.6 Å². The van der Waals surface area contributed by atoms with Crippen LogP contribution in [0.3, 0.4) is 0 Å². The van der Waals surface area contributed by atoms with Crippen molar-refractivity contribution in [2.75, 3.05) is 0 Å². The van der Waals surface area contributed by atoms with E-state index in [1.165, 1.54) is 0 Å². The standard InChI is InChI=1S/C3H9IN2O6Si/c1-13(2,3)4(11-5(7)8)12-6(9)10/h1-3H3. The molecule has 0 aromatic rings. The third kappa shape index (κ3) is 5.56. The Labute approximate surface area is 82.0 Å². The van der Waals surface area contributed by atoms with Gasteiger partial charge in [0, 0.05) is 0 Å². The van der Waals surface area contributed by atoms with Gasteiger partial charge in [0.05, 0.1) is 0 Å². The molecule has 0 aliphatic heterocycles. The van der Waals surface area contributed by atoms with E-state index in [0.29, 0.717) is 0 Å². The minimum absolute atomic E-state index is 1.02. The maximum absolute atomic E-state index is 9.98. The van der Waals surface area contributed by atoms with E-state index in [9.17, 15) is 20.2 Å². The number of rotatable bonds is 5. The van der Waals surface area contributed by atoms with Crippen LogP contribution in [-0.2, 0) is 6.33 Å². The van der Waals surface area contributed by atoms with Crippen LogP contribution < -0.4 is 0 Å². The van der Waals surface area contributed by atoms with Crippen LogP contribution in [0, 0.1) is 20.2 Å². The molecule has 0 spiro atoms. The Morgan fingerprint density at radius 2 is 1.38 bits per heavy atom. The zero-order chi connectivity index (χ0) is 10.6. The summed E-state index contributed by atoms with van der Waals surface area (Å²) in [7, 11) is 0. The van der Waals surface area contributed by atoms with E-state index < -0.39 is 35.6 Å². The molecule has 0 heterocycles. The van der Waals surface area contributed by atoms with E-state index in [1.807, 2.05) is 0 Å². The van der Waals surface area contributed by atoms with Crippen molar-refractivity contribution in [3.05, 3.63) is 20.2 Å². The van der Waals surface area contributed by atoms with Crippen LogP contribution in [0.5, 0.6) is 0 Å². The average molecular weight is 324 g/mol. The van der Waals surface area contributed by atoms with Gasteiger partial charge in [0.2, 0.25) is 0 Å². The van der Waals surface area contributed by atoms with Gasteiger partial charge in [-0.25, -0.2) is 0 Å². The van der Waals surface area contributed by atoms with Gasteiger partial charge in [-0.3, -0.25) is 0 Å². The third-order valence-electron chi connectivity index (χ3n) is 0.701. The molecule has 78 valence electrons. The molecule has 10 heteroatoms. The van der Waals surface area contributed by atoms with Crippen molar-refractivity contribution in [1.82, 2.24) is 0 Å². The second-order valence-electron chi connectivity index (χ2n) is 2.87. The first-order valence-corrected chi connectivity index (χ1v) is 11.5. The number of halogens is 1. The predicted octanol–water partition coefficient (Wildman–Crippen LogP) is 1.57. The Hall–Kier alpha value is -0.653. The molecule has 0 N–H and O–H groups in total. The summed E-state index contributed by atoms with van der Waals surface area (Å²) in [5.74, 6) is 0. The van der Waals surface area contributed by atoms with Crippen molar-refractivity contribution >= 4 is 25.4 Å². The van der Waals surface area contributed by atoms with Gasteiger partial charge in [0.25, 0.3) is 0 Å². The molecule has 0 fully saturated rings. The topological polar surface area (TPSA) is 105 Å². The molecule has 0 bridgehead atoms. The summed E-state index contributed by atoms with van der Waals surface area (Å²) < 4.78 is 8.40. The van der Waals surface area contributed by atoms with Gasteiger partial charge in [-0.05, 0) is 0 Å². The van der Waals surface area contributed by atoms with Crippen LogP contribution in [0.4, 0.5) is 0 Å². The first-order valence-electron chi connectivity index (χ1n) is 3.09. The molecule has 0 saturated carbocycles. The second kappa shape index (κ2) is 4.55. The zero-order valence-corrected chi connectivity index (χ0v) is 10.4. The molecule has 0 saturated heterocycles. The van der Waals surface area contributed by atoms with Crippen LogP contribution >= 0.6 is 19.9 Å². The fourth-order valence-corrected chi connectivity index (χ4v) is 5.69. The first kappa shape index (κ1) is 12.3. The van der Waals surface area contributed by atoms with Crippen molar-refractivity contribution in [2.24, 2.45) is 0 Å². The van der Waals surface area contributed by atoms with E-state index in [4.69, 9.17) is 0 Å². The van der Waals surface area contributed by atoms with Crippen molar-refractivity contribution in [2.45, 2.75) is 19.6 Å². The van der Waals surface area contributed by atoms with E-state index in [-0.39, 0.29) is 0 Å². The van der Waals surface area contributed by atoms with Crippen LogP contribution in [0.25, 0.3) is 0 Å². The van der Waals surface area contributed by atoms with Gasteiger partial charge < -0.3 is 0 Å². The van der Waals surface area contributed by atoms with Gasteiger partial charge in [0.15, 0.2) is 0 Å². The van der Waals surface area contributed by atoms with Crippen LogP contribution in [-0.4, -0.2) is 15.7 Å².